The second-order valence-electron chi connectivity index (χ2n) is 16.1. The van der Waals surface area contributed by atoms with Gasteiger partial charge in [-0.15, -0.1) is 0 Å². The molecule has 3 amide bonds. The third-order valence-corrected chi connectivity index (χ3v) is 11.8. The highest BCUT2D eigenvalue weighted by Gasteiger charge is 2.47. The van der Waals surface area contributed by atoms with Gasteiger partial charge in [0.1, 0.15) is 17.7 Å². The van der Waals surface area contributed by atoms with Crippen LogP contribution in [-0.4, -0.2) is 79.7 Å². The standard InChI is InChI=1S/C43H51N7O5/c1-24(2)38(48-42(52)54-5)41(51)49-18-8-11-36(49)39-44-23-34(47-39)30-15-14-26-19-27(12-13-28(26)20-30)29-16-17-32-33(21-29)46-40(45-32)37-22-31-9-6-7-10-35(31)50(37)43(53)55-25(3)4/h12-17,19-21,23-25,31,35-38H,6-11,18,22H2,1-5H3,(H,44,47)(H,45,46)(H,48,52). The second-order valence-corrected chi connectivity index (χ2v) is 16.1. The lowest BCUT2D eigenvalue weighted by atomic mass is 9.85. The summed E-state index contributed by atoms with van der Waals surface area (Å²) in [6, 6.07) is 18.4. The average molecular weight is 746 g/mol. The largest absolute Gasteiger partial charge is 0.453 e. The Morgan fingerprint density at radius 3 is 2.33 bits per heavy atom. The molecule has 4 heterocycles. The van der Waals surface area contributed by atoms with Gasteiger partial charge >= 0.3 is 12.2 Å². The lowest BCUT2D eigenvalue weighted by Crippen LogP contribution is -2.51. The van der Waals surface area contributed by atoms with Crippen LogP contribution in [-0.2, 0) is 14.3 Å². The molecule has 0 spiro atoms. The van der Waals surface area contributed by atoms with E-state index in [9.17, 15) is 14.4 Å². The second kappa shape index (κ2) is 15.0. The van der Waals surface area contributed by atoms with Gasteiger partial charge in [-0.2, -0.15) is 0 Å². The molecule has 12 nitrogen and oxygen atoms in total. The SMILES string of the molecule is COC(=O)NC(C(=O)N1CCCC1c1ncc(-c2ccc3cc(-c4ccc5nc(C6CC7CCCCC7N6C(=O)OC(C)C)[nH]c5c4)ccc3c2)[nH]1)C(C)C. The summed E-state index contributed by atoms with van der Waals surface area (Å²) in [6.07, 6.45) is 7.88. The van der Waals surface area contributed by atoms with Gasteiger partial charge < -0.3 is 29.7 Å². The number of ether oxygens (including phenoxy) is 2. The number of aromatic nitrogens is 4. The van der Waals surface area contributed by atoms with Crippen LogP contribution in [0.1, 0.15) is 96.4 Å². The van der Waals surface area contributed by atoms with E-state index in [1.165, 1.54) is 13.5 Å². The normalized spacial score (nSPS) is 21.7. The third-order valence-electron chi connectivity index (χ3n) is 11.8. The van der Waals surface area contributed by atoms with Gasteiger partial charge in [0.15, 0.2) is 0 Å². The molecule has 1 aliphatic carbocycles. The summed E-state index contributed by atoms with van der Waals surface area (Å²) in [7, 11) is 1.30. The lowest BCUT2D eigenvalue weighted by molar-refractivity contribution is -0.135. The van der Waals surface area contributed by atoms with Crippen LogP contribution in [0.25, 0.3) is 44.2 Å². The first-order chi connectivity index (χ1) is 26.6. The van der Waals surface area contributed by atoms with Crippen LogP contribution in [0.15, 0.2) is 60.8 Å². The molecule has 2 aliphatic heterocycles. The highest BCUT2D eigenvalue weighted by Crippen LogP contribution is 2.46. The van der Waals surface area contributed by atoms with Crippen molar-refractivity contribution in [1.29, 1.82) is 0 Å². The molecular weight excluding hydrogens is 695 g/mol. The van der Waals surface area contributed by atoms with Crippen molar-refractivity contribution in [3.8, 4) is 22.4 Å². The fourth-order valence-corrected chi connectivity index (χ4v) is 9.03. The minimum absolute atomic E-state index is 0.0971. The number of imidazole rings is 2. The molecule has 2 aromatic heterocycles. The maximum absolute atomic E-state index is 13.6. The summed E-state index contributed by atoms with van der Waals surface area (Å²) in [6.45, 7) is 8.23. The Bertz CT molecular complexity index is 2230. The van der Waals surface area contributed by atoms with Crippen molar-refractivity contribution in [2.75, 3.05) is 13.7 Å². The van der Waals surface area contributed by atoms with Crippen molar-refractivity contribution in [3.63, 3.8) is 0 Å². The number of hydrogen-bond acceptors (Lipinski definition) is 7. The molecule has 12 heteroatoms. The molecule has 288 valence electrons. The van der Waals surface area contributed by atoms with E-state index in [1.807, 2.05) is 43.7 Å². The Kier molecular flexibility index (Phi) is 10.00. The van der Waals surface area contributed by atoms with Crippen molar-refractivity contribution < 1.29 is 23.9 Å². The Morgan fingerprint density at radius 1 is 0.836 bits per heavy atom. The first-order valence-corrected chi connectivity index (χ1v) is 19.8. The van der Waals surface area contributed by atoms with E-state index in [-0.39, 0.29) is 42.1 Å². The fourth-order valence-electron chi connectivity index (χ4n) is 9.03. The average Bonchev–Trinajstić information content (AvgIpc) is 4.00. The molecule has 5 atom stereocenters. The van der Waals surface area contributed by atoms with E-state index in [2.05, 4.69) is 69.9 Å². The van der Waals surface area contributed by atoms with Crippen LogP contribution in [0.3, 0.4) is 0 Å². The van der Waals surface area contributed by atoms with Crippen molar-refractivity contribution in [1.82, 2.24) is 35.1 Å². The summed E-state index contributed by atoms with van der Waals surface area (Å²) in [5.41, 5.74) is 5.91. The highest BCUT2D eigenvalue weighted by atomic mass is 16.6. The zero-order chi connectivity index (χ0) is 38.4. The van der Waals surface area contributed by atoms with Gasteiger partial charge in [-0.3, -0.25) is 9.69 Å². The van der Waals surface area contributed by atoms with Crippen molar-refractivity contribution in [2.45, 2.75) is 103 Å². The number of benzene rings is 3. The molecule has 8 rings (SSSR count). The van der Waals surface area contributed by atoms with Crippen molar-refractivity contribution in [2.24, 2.45) is 11.8 Å². The van der Waals surface area contributed by atoms with E-state index in [4.69, 9.17) is 19.4 Å². The fraction of sp³-hybridized carbons (Fsp3) is 0.465. The minimum Gasteiger partial charge on any atom is -0.453 e. The van der Waals surface area contributed by atoms with Crippen LogP contribution < -0.4 is 5.32 Å². The molecule has 5 unspecified atom stereocenters. The molecule has 1 saturated carbocycles. The number of methoxy groups -OCH3 is 1. The number of nitrogens with one attached hydrogen (secondary N) is 3. The number of aromatic amines is 2. The highest BCUT2D eigenvalue weighted by molar-refractivity contribution is 5.92. The summed E-state index contributed by atoms with van der Waals surface area (Å²) < 4.78 is 10.5. The number of alkyl carbamates (subject to hydrolysis) is 1. The predicted octanol–water partition coefficient (Wildman–Crippen LogP) is 8.67. The van der Waals surface area contributed by atoms with E-state index < -0.39 is 12.1 Å². The summed E-state index contributed by atoms with van der Waals surface area (Å²) in [5, 5.41) is 4.93. The van der Waals surface area contributed by atoms with E-state index >= 15 is 0 Å². The van der Waals surface area contributed by atoms with Gasteiger partial charge in [-0.05, 0) is 104 Å². The first-order valence-electron chi connectivity index (χ1n) is 19.8. The van der Waals surface area contributed by atoms with Gasteiger partial charge in [0.05, 0.1) is 48.2 Å². The Hall–Kier alpha value is -5.39. The molecule has 3 aromatic carbocycles. The molecule has 3 aliphatic rings. The third kappa shape index (κ3) is 7.14. The van der Waals surface area contributed by atoms with Gasteiger partial charge in [0.25, 0.3) is 0 Å². The Balaban J connectivity index is 1.00. The Labute approximate surface area is 321 Å². The number of likely N-dealkylation sites (tertiary alicyclic amines) is 2. The first kappa shape index (κ1) is 36.6. The number of hydrogen-bond donors (Lipinski definition) is 3. The number of H-pyrrole nitrogens is 2. The summed E-state index contributed by atoms with van der Waals surface area (Å²) in [4.78, 5) is 59.5. The molecule has 3 N–H and O–H groups in total. The minimum atomic E-state index is -0.680. The summed E-state index contributed by atoms with van der Waals surface area (Å²) >= 11 is 0. The smallest absolute Gasteiger partial charge is 0.410 e. The number of rotatable bonds is 8. The topological polar surface area (TPSA) is 146 Å². The van der Waals surface area contributed by atoms with Gasteiger partial charge in [0.2, 0.25) is 5.91 Å². The molecular formula is C43H51N7O5. The van der Waals surface area contributed by atoms with Crippen LogP contribution in [0.2, 0.25) is 0 Å². The zero-order valence-corrected chi connectivity index (χ0v) is 32.3. The Morgan fingerprint density at radius 2 is 1.56 bits per heavy atom. The molecule has 5 aromatic rings. The van der Waals surface area contributed by atoms with Crippen LogP contribution >= 0.6 is 0 Å². The predicted molar refractivity (Wildman–Crippen MR) is 211 cm³/mol. The lowest BCUT2D eigenvalue weighted by Gasteiger charge is -2.33. The monoisotopic (exact) mass is 745 g/mol. The molecule has 0 radical (unpaired) electrons. The molecule has 0 bridgehead atoms. The number of carbonyl (C=O) groups excluding carboxylic acids is 3. The van der Waals surface area contributed by atoms with Gasteiger partial charge in [0, 0.05) is 18.2 Å². The van der Waals surface area contributed by atoms with Crippen LogP contribution in [0.5, 0.6) is 0 Å². The number of nitrogens with zero attached hydrogens (tertiary/aromatic N) is 4. The van der Waals surface area contributed by atoms with E-state index in [0.717, 1.165) is 94.4 Å². The number of amides is 3. The molecule has 55 heavy (non-hydrogen) atoms. The molecule has 2 saturated heterocycles. The van der Waals surface area contributed by atoms with Crippen molar-refractivity contribution in [3.05, 3.63) is 72.4 Å². The van der Waals surface area contributed by atoms with Crippen LogP contribution in [0, 0.1) is 11.8 Å². The zero-order valence-electron chi connectivity index (χ0n) is 32.3. The van der Waals surface area contributed by atoms with E-state index in [0.29, 0.717) is 12.5 Å². The summed E-state index contributed by atoms with van der Waals surface area (Å²) in [5.74, 6) is 1.82. The van der Waals surface area contributed by atoms with Gasteiger partial charge in [-0.25, -0.2) is 19.6 Å². The number of carbonyl (C=O) groups is 3. The van der Waals surface area contributed by atoms with Gasteiger partial charge in [-0.1, -0.05) is 57.0 Å². The van der Waals surface area contributed by atoms with Crippen LogP contribution in [0.4, 0.5) is 9.59 Å². The van der Waals surface area contributed by atoms with E-state index in [1.54, 1.807) is 0 Å². The van der Waals surface area contributed by atoms with Crippen molar-refractivity contribution >= 4 is 39.9 Å². The molecule has 3 fully saturated rings. The maximum atomic E-state index is 13.6. The quantitative estimate of drug-likeness (QED) is 0.144. The number of fused-ring (bicyclic) bond motifs is 3. The maximum Gasteiger partial charge on any atom is 0.410 e.